The molecule has 2 aromatic carbocycles. The summed E-state index contributed by atoms with van der Waals surface area (Å²) < 4.78 is 12.8. The lowest BCUT2D eigenvalue weighted by atomic mass is 10.1. The number of rotatable bonds is 8. The highest BCUT2D eigenvalue weighted by atomic mass is 35.5. The van der Waals surface area contributed by atoms with Crippen molar-refractivity contribution in [1.82, 2.24) is 20.3 Å². The Morgan fingerprint density at radius 2 is 1.90 bits per heavy atom. The van der Waals surface area contributed by atoms with E-state index in [4.69, 9.17) is 21.1 Å². The van der Waals surface area contributed by atoms with E-state index >= 15 is 0 Å². The lowest BCUT2D eigenvalue weighted by Crippen LogP contribution is -2.27. The second-order valence-electron chi connectivity index (χ2n) is 7.70. The molecule has 3 rings (SSSR count). The fourth-order valence-corrected chi connectivity index (χ4v) is 3.28. The van der Waals surface area contributed by atoms with Crippen LogP contribution in [-0.4, -0.2) is 34.6 Å². The van der Waals surface area contributed by atoms with E-state index in [1.54, 1.807) is 24.8 Å². The Bertz CT molecular complexity index is 1060. The maximum atomic E-state index is 12.9. The number of halogens is 1. The molecule has 31 heavy (non-hydrogen) atoms. The first kappa shape index (κ1) is 22.6. The summed E-state index contributed by atoms with van der Waals surface area (Å²) in [5, 5.41) is 11.7. The third kappa shape index (κ3) is 5.17. The normalized spacial score (nSPS) is 12.0. The van der Waals surface area contributed by atoms with E-state index in [2.05, 4.69) is 29.5 Å². The minimum Gasteiger partial charge on any atom is -0.493 e. The van der Waals surface area contributed by atoms with Crippen LogP contribution in [0.3, 0.4) is 0 Å². The van der Waals surface area contributed by atoms with E-state index in [1.807, 2.05) is 43.3 Å². The molecule has 1 unspecified atom stereocenters. The van der Waals surface area contributed by atoms with Crippen LogP contribution >= 0.6 is 11.6 Å². The zero-order valence-electron chi connectivity index (χ0n) is 18.3. The van der Waals surface area contributed by atoms with Crippen molar-refractivity contribution in [2.45, 2.75) is 33.7 Å². The third-order valence-corrected chi connectivity index (χ3v) is 5.12. The summed E-state index contributed by atoms with van der Waals surface area (Å²) >= 11 is 6.25. The molecule has 164 valence electrons. The first-order valence-corrected chi connectivity index (χ1v) is 10.5. The first-order valence-electron chi connectivity index (χ1n) is 10.1. The molecule has 0 spiro atoms. The van der Waals surface area contributed by atoms with Crippen molar-refractivity contribution in [1.29, 1.82) is 0 Å². The highest BCUT2D eigenvalue weighted by molar-refractivity contribution is 6.32. The van der Waals surface area contributed by atoms with Crippen molar-refractivity contribution in [3.63, 3.8) is 0 Å². The maximum Gasteiger partial charge on any atom is 0.274 e. The third-order valence-electron chi connectivity index (χ3n) is 4.80. The van der Waals surface area contributed by atoms with Gasteiger partial charge >= 0.3 is 0 Å². The summed E-state index contributed by atoms with van der Waals surface area (Å²) in [6.07, 6.45) is 0. The Labute approximate surface area is 187 Å². The first-order chi connectivity index (χ1) is 14.8. The van der Waals surface area contributed by atoms with Gasteiger partial charge in [-0.15, -0.1) is 5.10 Å². The van der Waals surface area contributed by atoms with Gasteiger partial charge in [-0.25, -0.2) is 4.68 Å². The summed E-state index contributed by atoms with van der Waals surface area (Å²) in [6, 6.07) is 12.6. The van der Waals surface area contributed by atoms with Crippen LogP contribution in [0.5, 0.6) is 11.5 Å². The second-order valence-corrected chi connectivity index (χ2v) is 8.10. The Morgan fingerprint density at radius 3 is 2.58 bits per heavy atom. The predicted octanol–water partition coefficient (Wildman–Crippen LogP) is 4.76. The fourth-order valence-electron chi connectivity index (χ4n) is 3.07. The molecular formula is C23H27ClN4O3. The topological polar surface area (TPSA) is 78.3 Å². The minimum absolute atomic E-state index is 0.246. The van der Waals surface area contributed by atoms with Crippen LogP contribution in [0.15, 0.2) is 42.5 Å². The van der Waals surface area contributed by atoms with Crippen molar-refractivity contribution < 1.29 is 14.3 Å². The summed E-state index contributed by atoms with van der Waals surface area (Å²) in [5.74, 6) is 1.39. The lowest BCUT2D eigenvalue weighted by molar-refractivity contribution is 0.0934. The van der Waals surface area contributed by atoms with Gasteiger partial charge in [-0.1, -0.05) is 48.9 Å². The molecule has 8 heteroatoms. The maximum absolute atomic E-state index is 12.9. The average Bonchev–Trinajstić information content (AvgIpc) is 3.13. The number of carbonyl (C=O) groups is 1. The quantitative estimate of drug-likeness (QED) is 0.544. The molecular weight excluding hydrogens is 416 g/mol. The predicted molar refractivity (Wildman–Crippen MR) is 120 cm³/mol. The SMILES string of the molecule is COc1cc(C(C)NC(=O)c2nnn(-c3ccccc3Cl)c2C)ccc1OCC(C)C. The Morgan fingerprint density at radius 1 is 1.16 bits per heavy atom. The van der Waals surface area contributed by atoms with Crippen LogP contribution < -0.4 is 14.8 Å². The van der Waals surface area contributed by atoms with Gasteiger partial charge in [0.1, 0.15) is 0 Å². The summed E-state index contributed by atoms with van der Waals surface area (Å²) in [4.78, 5) is 12.9. The van der Waals surface area contributed by atoms with Gasteiger partial charge in [0.05, 0.1) is 36.2 Å². The molecule has 1 aromatic heterocycles. The number of benzene rings is 2. The van der Waals surface area contributed by atoms with Crippen LogP contribution in [0.1, 0.15) is 48.6 Å². The van der Waals surface area contributed by atoms with Crippen LogP contribution in [-0.2, 0) is 0 Å². The number of nitrogens with zero attached hydrogens (tertiary/aromatic N) is 3. The number of nitrogens with one attached hydrogen (secondary N) is 1. The average molecular weight is 443 g/mol. The van der Waals surface area contributed by atoms with Gasteiger partial charge in [-0.3, -0.25) is 4.79 Å². The van der Waals surface area contributed by atoms with E-state index < -0.39 is 0 Å². The summed E-state index contributed by atoms with van der Waals surface area (Å²) in [5.41, 5.74) is 2.41. The minimum atomic E-state index is -0.317. The zero-order valence-corrected chi connectivity index (χ0v) is 19.1. The Kier molecular flexibility index (Phi) is 7.17. The van der Waals surface area contributed by atoms with Gasteiger partial charge in [0, 0.05) is 0 Å². The van der Waals surface area contributed by atoms with Crippen molar-refractivity contribution >= 4 is 17.5 Å². The van der Waals surface area contributed by atoms with Crippen molar-refractivity contribution in [3.8, 4) is 17.2 Å². The zero-order chi connectivity index (χ0) is 22.5. The number of methoxy groups -OCH3 is 1. The van der Waals surface area contributed by atoms with Gasteiger partial charge in [-0.2, -0.15) is 0 Å². The summed E-state index contributed by atoms with van der Waals surface area (Å²) in [6.45, 7) is 8.45. The van der Waals surface area contributed by atoms with E-state index in [0.29, 0.717) is 40.4 Å². The van der Waals surface area contributed by atoms with Gasteiger partial charge in [-0.05, 0) is 49.6 Å². The number of amides is 1. The molecule has 0 saturated heterocycles. The second kappa shape index (κ2) is 9.83. The number of aromatic nitrogens is 3. The molecule has 1 heterocycles. The molecule has 0 bridgehead atoms. The smallest absolute Gasteiger partial charge is 0.274 e. The number of para-hydroxylation sites is 1. The lowest BCUT2D eigenvalue weighted by Gasteiger charge is -2.17. The number of ether oxygens (including phenoxy) is 2. The molecule has 1 atom stereocenters. The molecule has 3 aromatic rings. The molecule has 0 aliphatic heterocycles. The molecule has 0 fully saturated rings. The highest BCUT2D eigenvalue weighted by Gasteiger charge is 2.21. The molecule has 0 saturated carbocycles. The standard InChI is InChI=1S/C23H27ClN4O3/c1-14(2)13-31-20-11-10-17(12-21(20)30-5)15(3)25-23(29)22-16(4)28(27-26-22)19-9-7-6-8-18(19)24/h6-12,14-15H,13H2,1-5H3,(H,25,29). The number of hydrogen-bond acceptors (Lipinski definition) is 5. The van der Waals surface area contributed by atoms with Crippen molar-refractivity contribution in [2.24, 2.45) is 5.92 Å². The molecule has 0 aliphatic carbocycles. The largest absolute Gasteiger partial charge is 0.493 e. The van der Waals surface area contributed by atoms with E-state index in [-0.39, 0.29) is 17.6 Å². The van der Waals surface area contributed by atoms with Crippen LogP contribution in [0.25, 0.3) is 5.69 Å². The van der Waals surface area contributed by atoms with E-state index in [1.165, 1.54) is 0 Å². The van der Waals surface area contributed by atoms with Crippen LogP contribution in [0.2, 0.25) is 5.02 Å². The number of carbonyl (C=O) groups excluding carboxylic acids is 1. The summed E-state index contributed by atoms with van der Waals surface area (Å²) in [7, 11) is 1.60. The Balaban J connectivity index is 1.76. The van der Waals surface area contributed by atoms with Crippen LogP contribution in [0.4, 0.5) is 0 Å². The molecule has 1 amide bonds. The molecule has 7 nitrogen and oxygen atoms in total. The molecule has 0 radical (unpaired) electrons. The highest BCUT2D eigenvalue weighted by Crippen LogP contribution is 2.31. The van der Waals surface area contributed by atoms with Gasteiger partial charge in [0.25, 0.3) is 5.91 Å². The van der Waals surface area contributed by atoms with Crippen molar-refractivity contribution in [2.75, 3.05) is 13.7 Å². The number of hydrogen-bond donors (Lipinski definition) is 1. The van der Waals surface area contributed by atoms with E-state index in [0.717, 1.165) is 5.56 Å². The van der Waals surface area contributed by atoms with E-state index in [9.17, 15) is 4.79 Å². The van der Waals surface area contributed by atoms with Crippen LogP contribution in [0, 0.1) is 12.8 Å². The fraction of sp³-hybridized carbons (Fsp3) is 0.348. The van der Waals surface area contributed by atoms with Crippen molar-refractivity contribution in [3.05, 3.63) is 64.4 Å². The molecule has 1 N–H and O–H groups in total. The van der Waals surface area contributed by atoms with Gasteiger partial charge in [0.2, 0.25) is 0 Å². The monoisotopic (exact) mass is 442 g/mol. The Hall–Kier alpha value is -3.06. The molecule has 0 aliphatic rings. The van der Waals surface area contributed by atoms with Gasteiger partial charge < -0.3 is 14.8 Å². The van der Waals surface area contributed by atoms with Gasteiger partial charge in [0.15, 0.2) is 17.2 Å².